The largest absolute Gasteiger partial charge is 0.328 e. The highest BCUT2D eigenvalue weighted by atomic mass is 35.5. The first-order chi connectivity index (χ1) is 9.11. The van der Waals surface area contributed by atoms with Gasteiger partial charge >= 0.3 is 0 Å². The van der Waals surface area contributed by atoms with E-state index in [1.807, 2.05) is 12.1 Å². The van der Waals surface area contributed by atoms with E-state index in [4.69, 9.17) is 26.7 Å². The van der Waals surface area contributed by atoms with Gasteiger partial charge in [-0.05, 0) is 24.6 Å². The van der Waals surface area contributed by atoms with Crippen molar-refractivity contribution in [2.75, 3.05) is 19.3 Å². The molecule has 0 saturated carbocycles. The first-order valence-corrected chi connectivity index (χ1v) is 8.00. The van der Waals surface area contributed by atoms with Crippen LogP contribution in [0.25, 0.3) is 0 Å². The molecule has 7 heteroatoms. The quantitative estimate of drug-likeness (QED) is 0.416. The molecule has 1 rings (SSSR count). The molecule has 1 aromatic rings. The Kier molecular flexibility index (Phi) is 8.30. The standard InChI is InChI=1S/C12H20ClN2O3P/c1-10(8-14)18-19(16)7-6-15-17-9-11-2-4-12(13)5-3-11/h2-5,10,15,19H,6-9,14H2,1H3. The van der Waals surface area contributed by atoms with Gasteiger partial charge in [-0.1, -0.05) is 23.7 Å². The second-order valence-electron chi connectivity index (χ2n) is 4.10. The minimum atomic E-state index is -2.04. The molecule has 0 aliphatic carbocycles. The number of rotatable bonds is 9. The van der Waals surface area contributed by atoms with Gasteiger partial charge in [0.1, 0.15) is 0 Å². The van der Waals surface area contributed by atoms with Gasteiger partial charge in [-0.15, -0.1) is 0 Å². The lowest BCUT2D eigenvalue weighted by molar-refractivity contribution is 0.0314. The van der Waals surface area contributed by atoms with E-state index in [0.717, 1.165) is 5.56 Å². The van der Waals surface area contributed by atoms with Crippen LogP contribution in [-0.2, 0) is 20.5 Å². The lowest BCUT2D eigenvalue weighted by Gasteiger charge is -2.10. The third kappa shape index (κ3) is 7.67. The molecule has 0 heterocycles. The molecule has 0 spiro atoms. The molecule has 0 radical (unpaired) electrons. The maximum Gasteiger partial charge on any atom is 0.193 e. The third-order valence-electron chi connectivity index (χ3n) is 2.35. The minimum absolute atomic E-state index is 0.165. The zero-order valence-electron chi connectivity index (χ0n) is 10.9. The lowest BCUT2D eigenvalue weighted by atomic mass is 10.2. The Morgan fingerprint density at radius 3 is 2.74 bits per heavy atom. The van der Waals surface area contributed by atoms with Gasteiger partial charge in [0.05, 0.1) is 12.7 Å². The topological polar surface area (TPSA) is 73.6 Å². The van der Waals surface area contributed by atoms with Crippen LogP contribution in [0.1, 0.15) is 12.5 Å². The van der Waals surface area contributed by atoms with Crippen LogP contribution in [0.3, 0.4) is 0 Å². The first-order valence-electron chi connectivity index (χ1n) is 6.10. The summed E-state index contributed by atoms with van der Waals surface area (Å²) in [4.78, 5) is 5.25. The molecule has 0 aromatic heterocycles. The predicted octanol–water partition coefficient (Wildman–Crippen LogP) is 2.20. The van der Waals surface area contributed by atoms with Crippen LogP contribution in [0.5, 0.6) is 0 Å². The fourth-order valence-electron chi connectivity index (χ4n) is 1.27. The summed E-state index contributed by atoms with van der Waals surface area (Å²) < 4.78 is 16.7. The van der Waals surface area contributed by atoms with E-state index in [1.54, 1.807) is 19.1 Å². The van der Waals surface area contributed by atoms with Gasteiger partial charge in [0.15, 0.2) is 8.03 Å². The smallest absolute Gasteiger partial charge is 0.193 e. The Bertz CT molecular complexity index is 389. The zero-order valence-corrected chi connectivity index (χ0v) is 12.7. The minimum Gasteiger partial charge on any atom is -0.328 e. The molecular formula is C12H20ClN2O3P. The maximum absolute atomic E-state index is 11.5. The Morgan fingerprint density at radius 1 is 1.42 bits per heavy atom. The van der Waals surface area contributed by atoms with E-state index >= 15 is 0 Å². The third-order valence-corrected chi connectivity index (χ3v) is 3.93. The molecule has 2 atom stereocenters. The molecule has 0 aliphatic heterocycles. The fraction of sp³-hybridized carbons (Fsp3) is 0.500. The molecule has 108 valence electrons. The van der Waals surface area contributed by atoms with Gasteiger partial charge in [0.25, 0.3) is 0 Å². The molecule has 0 aliphatic rings. The number of hydroxylamine groups is 1. The summed E-state index contributed by atoms with van der Waals surface area (Å²) in [7, 11) is -2.04. The number of benzene rings is 1. The first kappa shape index (κ1) is 16.6. The number of nitrogens with two attached hydrogens (primary N) is 1. The van der Waals surface area contributed by atoms with Crippen molar-refractivity contribution >= 4 is 19.6 Å². The van der Waals surface area contributed by atoms with E-state index in [-0.39, 0.29) is 6.10 Å². The van der Waals surface area contributed by atoms with Crippen molar-refractivity contribution < 1.29 is 13.9 Å². The highest BCUT2D eigenvalue weighted by Crippen LogP contribution is 2.22. The molecular weight excluding hydrogens is 287 g/mol. The zero-order chi connectivity index (χ0) is 14.1. The molecule has 0 bridgehead atoms. The summed E-state index contributed by atoms with van der Waals surface area (Å²) in [5.41, 5.74) is 9.14. The SMILES string of the molecule is CC(CN)O[PH](=O)CCNOCc1ccc(Cl)cc1. The predicted molar refractivity (Wildman–Crippen MR) is 77.7 cm³/mol. The average Bonchev–Trinajstić information content (AvgIpc) is 2.40. The van der Waals surface area contributed by atoms with Gasteiger partial charge in [-0.25, -0.2) is 5.48 Å². The second kappa shape index (κ2) is 9.48. The molecule has 19 heavy (non-hydrogen) atoms. The summed E-state index contributed by atoms with van der Waals surface area (Å²) in [6, 6.07) is 7.39. The van der Waals surface area contributed by atoms with Crippen molar-refractivity contribution in [3.63, 3.8) is 0 Å². The van der Waals surface area contributed by atoms with Gasteiger partial charge in [0, 0.05) is 24.3 Å². The molecule has 1 aromatic carbocycles. The van der Waals surface area contributed by atoms with Gasteiger partial charge in [-0.3, -0.25) is 9.40 Å². The van der Waals surface area contributed by atoms with Crippen molar-refractivity contribution in [2.45, 2.75) is 19.6 Å². The normalized spacial score (nSPS) is 14.3. The number of hydrogen-bond acceptors (Lipinski definition) is 5. The number of halogens is 1. The Morgan fingerprint density at radius 2 is 2.11 bits per heavy atom. The highest BCUT2D eigenvalue weighted by molar-refractivity contribution is 7.39. The van der Waals surface area contributed by atoms with Crippen LogP contribution in [0.15, 0.2) is 24.3 Å². The van der Waals surface area contributed by atoms with Crippen molar-refractivity contribution in [2.24, 2.45) is 5.73 Å². The highest BCUT2D eigenvalue weighted by Gasteiger charge is 2.05. The van der Waals surface area contributed by atoms with E-state index in [2.05, 4.69) is 5.48 Å². The summed E-state index contributed by atoms with van der Waals surface area (Å²) in [6.45, 7) is 3.07. The van der Waals surface area contributed by atoms with Gasteiger partial charge < -0.3 is 10.3 Å². The average molecular weight is 307 g/mol. The lowest BCUT2D eigenvalue weighted by Crippen LogP contribution is -2.20. The van der Waals surface area contributed by atoms with Crippen molar-refractivity contribution in [1.29, 1.82) is 0 Å². The van der Waals surface area contributed by atoms with E-state index in [1.165, 1.54) is 0 Å². The Hall–Kier alpha value is -0.420. The summed E-state index contributed by atoms with van der Waals surface area (Å²) in [6.07, 6.45) is 0.261. The summed E-state index contributed by atoms with van der Waals surface area (Å²) >= 11 is 5.77. The molecule has 0 fully saturated rings. The Balaban J connectivity index is 2.08. The van der Waals surface area contributed by atoms with Crippen molar-refractivity contribution in [3.8, 4) is 0 Å². The van der Waals surface area contributed by atoms with Crippen LogP contribution in [0, 0.1) is 0 Å². The molecule has 3 N–H and O–H groups in total. The van der Waals surface area contributed by atoms with Crippen LogP contribution in [0.4, 0.5) is 0 Å². The van der Waals surface area contributed by atoms with Crippen LogP contribution >= 0.6 is 19.6 Å². The van der Waals surface area contributed by atoms with E-state index in [9.17, 15) is 4.57 Å². The number of hydrogen-bond donors (Lipinski definition) is 2. The fourth-order valence-corrected chi connectivity index (χ4v) is 2.37. The summed E-state index contributed by atoms with van der Waals surface area (Å²) in [5.74, 6) is 0. The van der Waals surface area contributed by atoms with Crippen LogP contribution < -0.4 is 11.2 Å². The van der Waals surface area contributed by atoms with Crippen LogP contribution in [0.2, 0.25) is 5.02 Å². The van der Waals surface area contributed by atoms with Crippen LogP contribution in [-0.4, -0.2) is 25.4 Å². The number of nitrogens with one attached hydrogen (secondary N) is 1. The van der Waals surface area contributed by atoms with Crippen molar-refractivity contribution in [1.82, 2.24) is 5.48 Å². The molecule has 0 amide bonds. The van der Waals surface area contributed by atoms with Gasteiger partial charge in [0.2, 0.25) is 0 Å². The maximum atomic E-state index is 11.5. The van der Waals surface area contributed by atoms with Crippen molar-refractivity contribution in [3.05, 3.63) is 34.9 Å². The molecule has 5 nitrogen and oxygen atoms in total. The summed E-state index contributed by atoms with van der Waals surface area (Å²) in [5, 5.41) is 0.696. The monoisotopic (exact) mass is 306 g/mol. The molecule has 0 saturated heterocycles. The second-order valence-corrected chi connectivity index (χ2v) is 6.01. The van der Waals surface area contributed by atoms with Gasteiger partial charge in [-0.2, -0.15) is 0 Å². The molecule has 2 unspecified atom stereocenters. The van der Waals surface area contributed by atoms with E-state index in [0.29, 0.717) is 30.9 Å². The van der Waals surface area contributed by atoms with E-state index < -0.39 is 8.03 Å². The Labute approximate surface area is 119 Å².